The van der Waals surface area contributed by atoms with E-state index in [9.17, 15) is 14.0 Å². The smallest absolute Gasteiger partial charge is 0.259 e. The van der Waals surface area contributed by atoms with Gasteiger partial charge in [0.05, 0.1) is 17.4 Å². The van der Waals surface area contributed by atoms with Gasteiger partial charge in [0.1, 0.15) is 19.4 Å². The lowest BCUT2D eigenvalue weighted by molar-refractivity contribution is -0.113. The lowest BCUT2D eigenvalue weighted by Crippen LogP contribution is -2.30. The van der Waals surface area contributed by atoms with Gasteiger partial charge in [-0.1, -0.05) is 70.2 Å². The molecular weight excluding hydrogens is 710 g/mol. The number of amides is 2. The predicted molar refractivity (Wildman–Crippen MR) is 222 cm³/mol. The van der Waals surface area contributed by atoms with Crippen LogP contribution < -0.4 is 32.7 Å². The molecule has 0 aliphatic rings. The molecule has 8 N–H and O–H groups in total. The average molecular weight is 770 g/mol. The molecule has 3 aromatic rings. The maximum atomic E-state index is 13.0. The molecule has 0 fully saturated rings. The van der Waals surface area contributed by atoms with Gasteiger partial charge in [-0.2, -0.15) is 0 Å². The number of nitrogens with zero attached hydrogens (tertiary/aromatic N) is 1. The Morgan fingerprint density at radius 2 is 1.54 bits per heavy atom. The lowest BCUT2D eigenvalue weighted by atomic mass is 9.94. The number of benzene rings is 2. The maximum absolute atomic E-state index is 13.0. The molecule has 0 bridgehead atoms. The van der Waals surface area contributed by atoms with Crippen LogP contribution in [0.25, 0.3) is 0 Å². The van der Waals surface area contributed by atoms with Crippen LogP contribution in [0.15, 0.2) is 101 Å². The molecule has 0 spiro atoms. The number of nitrogens with one attached hydrogen (secondary N) is 4. The highest BCUT2D eigenvalue weighted by Gasteiger charge is 2.13. The molecule has 2 aromatic carbocycles. The number of ketones is 1. The molecule has 0 radical (unpaired) electrons. The van der Waals surface area contributed by atoms with Gasteiger partial charge in [0.2, 0.25) is 6.41 Å². The average Bonchev–Trinajstić information content (AvgIpc) is 3.70. The summed E-state index contributed by atoms with van der Waals surface area (Å²) < 4.78 is 13.0. The number of likely N-dealkylation sites (N-methyl/N-ethyl adjacent to an activating group) is 1. The van der Waals surface area contributed by atoms with Crippen LogP contribution in [0.4, 0.5) is 15.9 Å². The standard InChI is InChI=1S/C16H21FN4O2S.C12H20N2.C9H12.CH3NO.2CH2O/c1-12(22)13(4-7-19-6-3-5-18-2)8-14(9-17)16(23)21-15-10-24-11-20-15;1-4-14-10(3)9(2)11-5-7-12(13)8-6-11;1-8(2)9-6-4-3-5-7-9;2-1-3;2*1-2/h4,7-11,18-19H,3,5-6H2,1-2H3,(H,21,23);5-10,14H,4,13H2,1-3H3;3-8H,1-2H3;1H,(H2,2,3);2*1H2/b7-4+,13-8+,14-9+;;;;;/t;9-,10?;;;;/m.0..../s1. The fraction of sp³-hybridized carbons (Fsp3) is 0.350. The van der Waals surface area contributed by atoms with Crippen LogP contribution >= 0.6 is 11.3 Å². The van der Waals surface area contributed by atoms with Crippen molar-refractivity contribution in [2.24, 2.45) is 5.73 Å². The summed E-state index contributed by atoms with van der Waals surface area (Å²) in [6, 6.07) is 19.2. The molecule has 3 rings (SSSR count). The van der Waals surface area contributed by atoms with Gasteiger partial charge in [0.25, 0.3) is 5.91 Å². The molecule has 0 aliphatic carbocycles. The van der Waals surface area contributed by atoms with Crippen LogP contribution in [0, 0.1) is 0 Å². The molecule has 0 aliphatic heterocycles. The molecule has 298 valence electrons. The van der Waals surface area contributed by atoms with Gasteiger partial charge >= 0.3 is 0 Å². The highest BCUT2D eigenvalue weighted by atomic mass is 32.1. The van der Waals surface area contributed by atoms with E-state index in [2.05, 4.69) is 103 Å². The molecule has 14 heteroatoms. The monoisotopic (exact) mass is 769 g/mol. The number of carbonyl (C=O) groups is 5. The number of rotatable bonds is 15. The number of carbonyl (C=O) groups excluding carboxylic acids is 5. The van der Waals surface area contributed by atoms with Crippen LogP contribution in [-0.4, -0.2) is 69.4 Å². The fourth-order valence-corrected chi connectivity index (χ4v) is 4.55. The first-order valence-corrected chi connectivity index (χ1v) is 18.0. The Balaban J connectivity index is -0.000000728. The molecule has 2 amide bonds. The number of hydrogen-bond donors (Lipinski definition) is 6. The summed E-state index contributed by atoms with van der Waals surface area (Å²) >= 11 is 1.31. The van der Waals surface area contributed by atoms with E-state index in [1.54, 1.807) is 17.1 Å². The third-order valence-corrected chi connectivity index (χ3v) is 7.69. The Morgan fingerprint density at radius 3 is 1.98 bits per heavy atom. The van der Waals surface area contributed by atoms with Crippen molar-refractivity contribution in [3.63, 3.8) is 0 Å². The van der Waals surface area contributed by atoms with Crippen LogP contribution in [-0.2, 0) is 24.0 Å². The second kappa shape index (κ2) is 36.1. The van der Waals surface area contributed by atoms with Crippen molar-refractivity contribution in [1.82, 2.24) is 20.9 Å². The number of Topliss-reactive ketones (excluding diaryl/α,β-unsaturated/α-hetero) is 1. The van der Waals surface area contributed by atoms with Gasteiger partial charge in [-0.15, -0.1) is 11.3 Å². The first kappa shape index (κ1) is 53.0. The number of allylic oxidation sites excluding steroid dienone is 2. The Morgan fingerprint density at radius 1 is 0.944 bits per heavy atom. The summed E-state index contributed by atoms with van der Waals surface area (Å²) in [6.07, 6.45) is 5.67. The molecule has 1 aromatic heterocycles. The van der Waals surface area contributed by atoms with Gasteiger partial charge in [-0.3, -0.25) is 14.4 Å². The predicted octanol–water partition coefficient (Wildman–Crippen LogP) is 6.08. The van der Waals surface area contributed by atoms with Crippen molar-refractivity contribution in [2.45, 2.75) is 65.8 Å². The van der Waals surface area contributed by atoms with E-state index in [0.717, 1.165) is 31.7 Å². The highest BCUT2D eigenvalue weighted by molar-refractivity contribution is 7.07. The molecule has 12 nitrogen and oxygen atoms in total. The Bertz CT molecular complexity index is 1470. The Kier molecular flexibility index (Phi) is 35.4. The van der Waals surface area contributed by atoms with Crippen molar-refractivity contribution < 1.29 is 28.4 Å². The minimum atomic E-state index is -0.669. The van der Waals surface area contributed by atoms with Crippen LogP contribution in [0.5, 0.6) is 0 Å². The van der Waals surface area contributed by atoms with E-state index in [1.165, 1.54) is 41.5 Å². The number of hydrogen-bond acceptors (Lipinski definition) is 11. The quantitative estimate of drug-likeness (QED) is 0.0347. The number of nitrogen functional groups attached to an aromatic ring is 1. The van der Waals surface area contributed by atoms with Crippen molar-refractivity contribution in [3.8, 4) is 0 Å². The van der Waals surface area contributed by atoms with Crippen LogP contribution in [0.3, 0.4) is 0 Å². The van der Waals surface area contributed by atoms with E-state index >= 15 is 0 Å². The van der Waals surface area contributed by atoms with Crippen molar-refractivity contribution >= 4 is 54.5 Å². The van der Waals surface area contributed by atoms with E-state index < -0.39 is 5.91 Å². The number of primary amides is 1. The summed E-state index contributed by atoms with van der Waals surface area (Å²) in [5.74, 6) is 0.576. The number of halogens is 1. The van der Waals surface area contributed by atoms with E-state index in [0.29, 0.717) is 23.7 Å². The normalized spacial score (nSPS) is 11.5. The topological polar surface area (TPSA) is 198 Å². The van der Waals surface area contributed by atoms with Crippen molar-refractivity contribution in [1.29, 1.82) is 0 Å². The van der Waals surface area contributed by atoms with Gasteiger partial charge in [0.15, 0.2) is 5.78 Å². The van der Waals surface area contributed by atoms with Crippen LogP contribution in [0.2, 0.25) is 0 Å². The maximum Gasteiger partial charge on any atom is 0.259 e. The first-order chi connectivity index (χ1) is 25.9. The number of nitrogens with two attached hydrogens (primary N) is 2. The molecule has 54 heavy (non-hydrogen) atoms. The SMILES string of the molecule is C=O.C=O.CC(C)c1ccccc1.CCNC(C)[C@H](C)c1ccc(N)cc1.CNCCCN/C=C/C(=C\C(=C/F)C(=O)Nc1cscn1)C(C)=O.NC=O. The summed E-state index contributed by atoms with van der Waals surface area (Å²) in [7, 11) is 1.87. The minimum absolute atomic E-state index is 0.166. The summed E-state index contributed by atoms with van der Waals surface area (Å²) in [4.78, 5) is 52.1. The second-order valence-corrected chi connectivity index (χ2v) is 12.0. The van der Waals surface area contributed by atoms with E-state index in [-0.39, 0.29) is 29.7 Å². The first-order valence-electron chi connectivity index (χ1n) is 17.1. The zero-order valence-corrected chi connectivity index (χ0v) is 33.5. The number of anilines is 2. The molecule has 1 unspecified atom stereocenters. The van der Waals surface area contributed by atoms with Gasteiger partial charge in [0, 0.05) is 29.2 Å². The molecule has 0 saturated carbocycles. The summed E-state index contributed by atoms with van der Waals surface area (Å²) in [6.45, 7) is 19.0. The number of aromatic nitrogens is 1. The van der Waals surface area contributed by atoms with Gasteiger partial charge in [-0.25, -0.2) is 9.37 Å². The van der Waals surface area contributed by atoms with E-state index in [4.69, 9.17) is 20.1 Å². The van der Waals surface area contributed by atoms with Crippen molar-refractivity contribution in [3.05, 3.63) is 112 Å². The lowest BCUT2D eigenvalue weighted by Gasteiger charge is -2.21. The number of thiazole rings is 1. The largest absolute Gasteiger partial charge is 0.399 e. The third kappa shape index (κ3) is 26.5. The molecule has 0 saturated heterocycles. The zero-order valence-electron chi connectivity index (χ0n) is 32.6. The zero-order chi connectivity index (χ0) is 41.7. The molecule has 2 atom stereocenters. The minimum Gasteiger partial charge on any atom is -0.399 e. The molecule has 1 heterocycles. The van der Waals surface area contributed by atoms with Gasteiger partial charge in [-0.05, 0) is 93.9 Å². The fourth-order valence-electron chi connectivity index (χ4n) is 4.07. The highest BCUT2D eigenvalue weighted by Crippen LogP contribution is 2.20. The van der Waals surface area contributed by atoms with Crippen molar-refractivity contribution in [2.75, 3.05) is 37.7 Å². The van der Waals surface area contributed by atoms with E-state index in [1.807, 2.05) is 38.8 Å². The Labute approximate surface area is 324 Å². The summed E-state index contributed by atoms with van der Waals surface area (Å²) in [5, 5.41) is 13.6. The Hall–Kier alpha value is -5.31. The second-order valence-electron chi connectivity index (χ2n) is 11.3. The summed E-state index contributed by atoms with van der Waals surface area (Å²) in [5.41, 5.74) is 14.9. The van der Waals surface area contributed by atoms with Crippen LogP contribution in [0.1, 0.15) is 70.9 Å². The van der Waals surface area contributed by atoms with Gasteiger partial charge < -0.3 is 42.3 Å². The third-order valence-electron chi connectivity index (χ3n) is 7.10. The molecular formula is C40H60FN7O5S.